The Bertz CT molecular complexity index is 909. The van der Waals surface area contributed by atoms with E-state index in [9.17, 15) is 9.59 Å². The van der Waals surface area contributed by atoms with E-state index < -0.39 is 5.91 Å². The van der Waals surface area contributed by atoms with E-state index in [4.69, 9.17) is 10.5 Å². The number of carbonyl (C=O) groups excluding carboxylic acids is 2. The number of carbonyl (C=O) groups is 2. The van der Waals surface area contributed by atoms with Gasteiger partial charge in [-0.15, -0.1) is 0 Å². The third-order valence-electron chi connectivity index (χ3n) is 3.67. The number of hydrogen-bond donors (Lipinski definition) is 2. The highest BCUT2D eigenvalue weighted by atomic mass is 16.5. The molecule has 0 atom stereocenters. The van der Waals surface area contributed by atoms with Crippen molar-refractivity contribution in [3.05, 3.63) is 89.6 Å². The number of para-hydroxylation sites is 1. The van der Waals surface area contributed by atoms with Crippen LogP contribution in [-0.2, 0) is 6.61 Å². The molecule has 0 spiro atoms. The van der Waals surface area contributed by atoms with Crippen LogP contribution in [0, 0.1) is 0 Å². The molecule has 0 radical (unpaired) electrons. The van der Waals surface area contributed by atoms with E-state index in [0.717, 1.165) is 5.56 Å². The van der Waals surface area contributed by atoms with Crippen molar-refractivity contribution in [2.75, 3.05) is 5.32 Å². The lowest BCUT2D eigenvalue weighted by Gasteiger charge is -2.09. The van der Waals surface area contributed by atoms with Crippen molar-refractivity contribution in [1.29, 1.82) is 0 Å². The fourth-order valence-electron chi connectivity index (χ4n) is 2.33. The van der Waals surface area contributed by atoms with Gasteiger partial charge in [-0.2, -0.15) is 0 Å². The number of amides is 2. The van der Waals surface area contributed by atoms with E-state index in [-0.39, 0.29) is 11.5 Å². The largest absolute Gasteiger partial charge is 0.473 e. The minimum Gasteiger partial charge on any atom is -0.473 e. The monoisotopic (exact) mass is 347 g/mol. The second-order valence-electron chi connectivity index (χ2n) is 5.52. The summed E-state index contributed by atoms with van der Waals surface area (Å²) in [5, 5.41) is 2.66. The molecule has 26 heavy (non-hydrogen) atoms. The molecule has 1 aromatic heterocycles. The number of rotatable bonds is 6. The molecule has 130 valence electrons. The highest BCUT2D eigenvalue weighted by molar-refractivity contribution is 6.08. The number of nitrogens with zero attached hydrogens (tertiary/aromatic N) is 1. The smallest absolute Gasteiger partial charge is 0.257 e. The van der Waals surface area contributed by atoms with E-state index in [2.05, 4.69) is 10.3 Å². The molecule has 0 aliphatic heterocycles. The maximum Gasteiger partial charge on any atom is 0.257 e. The van der Waals surface area contributed by atoms with Crippen molar-refractivity contribution in [3.63, 3.8) is 0 Å². The first-order chi connectivity index (χ1) is 12.6. The first-order valence-corrected chi connectivity index (χ1v) is 7.96. The first kappa shape index (κ1) is 17.2. The van der Waals surface area contributed by atoms with Crippen molar-refractivity contribution in [1.82, 2.24) is 4.98 Å². The predicted molar refractivity (Wildman–Crippen MR) is 97.9 cm³/mol. The first-order valence-electron chi connectivity index (χ1n) is 7.96. The quantitative estimate of drug-likeness (QED) is 0.716. The zero-order valence-corrected chi connectivity index (χ0v) is 13.9. The summed E-state index contributed by atoms with van der Waals surface area (Å²) >= 11 is 0. The lowest BCUT2D eigenvalue weighted by molar-refractivity contribution is 0.100. The molecule has 0 bridgehead atoms. The van der Waals surface area contributed by atoms with Gasteiger partial charge in [0.05, 0.1) is 16.8 Å². The van der Waals surface area contributed by atoms with Gasteiger partial charge in [0.25, 0.3) is 11.8 Å². The lowest BCUT2D eigenvalue weighted by Crippen LogP contribution is -2.18. The molecule has 6 nitrogen and oxygen atoms in total. The van der Waals surface area contributed by atoms with Crippen LogP contribution in [0.3, 0.4) is 0 Å². The van der Waals surface area contributed by atoms with Crippen LogP contribution >= 0.6 is 0 Å². The number of nitrogens with one attached hydrogen (secondary N) is 1. The third kappa shape index (κ3) is 4.24. The Morgan fingerprint density at radius 1 is 0.962 bits per heavy atom. The Morgan fingerprint density at radius 3 is 2.38 bits per heavy atom. The zero-order chi connectivity index (χ0) is 18.4. The molecule has 0 aliphatic carbocycles. The summed E-state index contributed by atoms with van der Waals surface area (Å²) in [7, 11) is 0. The molecule has 3 N–H and O–H groups in total. The van der Waals surface area contributed by atoms with Crippen molar-refractivity contribution in [2.45, 2.75) is 6.61 Å². The molecule has 2 amide bonds. The van der Waals surface area contributed by atoms with Crippen LogP contribution in [-0.4, -0.2) is 16.8 Å². The van der Waals surface area contributed by atoms with Gasteiger partial charge in [0.2, 0.25) is 5.88 Å². The number of hydrogen-bond acceptors (Lipinski definition) is 4. The fourth-order valence-corrected chi connectivity index (χ4v) is 2.33. The van der Waals surface area contributed by atoms with Gasteiger partial charge in [-0.25, -0.2) is 4.98 Å². The summed E-state index contributed by atoms with van der Waals surface area (Å²) in [5.41, 5.74) is 7.28. The van der Waals surface area contributed by atoms with E-state index >= 15 is 0 Å². The Morgan fingerprint density at radius 2 is 1.69 bits per heavy atom. The fraction of sp³-hybridized carbons (Fsp3) is 0.0500. The van der Waals surface area contributed by atoms with Crippen molar-refractivity contribution >= 4 is 17.5 Å². The molecule has 3 rings (SSSR count). The van der Waals surface area contributed by atoms with Gasteiger partial charge in [-0.05, 0) is 23.8 Å². The van der Waals surface area contributed by atoms with Crippen LogP contribution in [0.5, 0.6) is 5.88 Å². The molecule has 6 heteroatoms. The molecular formula is C20H17N3O3. The molecule has 0 aliphatic rings. The highest BCUT2D eigenvalue weighted by Gasteiger charge is 2.12. The van der Waals surface area contributed by atoms with Gasteiger partial charge in [0.15, 0.2) is 0 Å². The number of ether oxygens (including phenoxy) is 1. The molecule has 3 aromatic rings. The molecule has 0 saturated carbocycles. The number of anilines is 1. The van der Waals surface area contributed by atoms with Crippen LogP contribution in [0.2, 0.25) is 0 Å². The molecular weight excluding hydrogens is 330 g/mol. The van der Waals surface area contributed by atoms with E-state index in [0.29, 0.717) is 23.7 Å². The zero-order valence-electron chi connectivity index (χ0n) is 13.9. The number of nitrogens with two attached hydrogens (primary N) is 1. The van der Waals surface area contributed by atoms with Crippen LogP contribution < -0.4 is 15.8 Å². The average molecular weight is 347 g/mol. The number of pyridine rings is 1. The Hall–Kier alpha value is -3.67. The van der Waals surface area contributed by atoms with Gasteiger partial charge in [-0.3, -0.25) is 9.59 Å². The van der Waals surface area contributed by atoms with E-state index in [1.807, 2.05) is 30.3 Å². The van der Waals surface area contributed by atoms with Crippen LogP contribution in [0.25, 0.3) is 0 Å². The molecule has 0 unspecified atom stereocenters. The summed E-state index contributed by atoms with van der Waals surface area (Å²) in [6, 6.07) is 19.5. The van der Waals surface area contributed by atoms with Crippen LogP contribution in [0.4, 0.5) is 5.69 Å². The predicted octanol–water partition coefficient (Wildman–Crippen LogP) is 3.01. The minimum atomic E-state index is -0.608. The molecule has 1 heterocycles. The maximum absolute atomic E-state index is 12.3. The summed E-state index contributed by atoms with van der Waals surface area (Å²) < 4.78 is 5.59. The summed E-state index contributed by atoms with van der Waals surface area (Å²) in [4.78, 5) is 27.9. The minimum absolute atomic E-state index is 0.247. The normalized spacial score (nSPS) is 10.2. The van der Waals surface area contributed by atoms with Gasteiger partial charge < -0.3 is 15.8 Å². The number of aromatic nitrogens is 1. The number of primary amides is 1. The summed E-state index contributed by atoms with van der Waals surface area (Å²) in [6.07, 6.45) is 1.42. The second kappa shape index (κ2) is 7.94. The lowest BCUT2D eigenvalue weighted by atomic mass is 10.1. The number of benzene rings is 2. The molecule has 0 fully saturated rings. The maximum atomic E-state index is 12.3. The standard InChI is InChI=1S/C20H17N3O3/c21-19(24)16-8-4-5-9-17(16)23-20(25)15-10-11-18(22-12-15)26-13-14-6-2-1-3-7-14/h1-12H,13H2,(H2,21,24)(H,23,25). The van der Waals surface area contributed by atoms with E-state index in [1.54, 1.807) is 36.4 Å². The van der Waals surface area contributed by atoms with Gasteiger partial charge >= 0.3 is 0 Å². The Labute approximate surface area is 150 Å². The topological polar surface area (TPSA) is 94.3 Å². The van der Waals surface area contributed by atoms with Crippen molar-refractivity contribution in [3.8, 4) is 5.88 Å². The van der Waals surface area contributed by atoms with Crippen molar-refractivity contribution in [2.24, 2.45) is 5.73 Å². The summed E-state index contributed by atoms with van der Waals surface area (Å²) in [6.45, 7) is 0.394. The van der Waals surface area contributed by atoms with Gasteiger partial charge in [-0.1, -0.05) is 42.5 Å². The SMILES string of the molecule is NC(=O)c1ccccc1NC(=O)c1ccc(OCc2ccccc2)nc1. The van der Waals surface area contributed by atoms with Crippen LogP contribution in [0.1, 0.15) is 26.3 Å². The van der Waals surface area contributed by atoms with Gasteiger partial charge in [0.1, 0.15) is 6.61 Å². The molecule has 0 saturated heterocycles. The second-order valence-corrected chi connectivity index (χ2v) is 5.52. The third-order valence-corrected chi connectivity index (χ3v) is 3.67. The Balaban J connectivity index is 1.65. The average Bonchev–Trinajstić information content (AvgIpc) is 2.68. The molecule has 2 aromatic carbocycles. The highest BCUT2D eigenvalue weighted by Crippen LogP contribution is 2.16. The van der Waals surface area contributed by atoms with Crippen molar-refractivity contribution < 1.29 is 14.3 Å². The Kier molecular flexibility index (Phi) is 5.24. The van der Waals surface area contributed by atoms with Crippen LogP contribution in [0.15, 0.2) is 72.9 Å². The van der Waals surface area contributed by atoms with Gasteiger partial charge in [0, 0.05) is 12.3 Å². The van der Waals surface area contributed by atoms with E-state index in [1.165, 1.54) is 6.20 Å². The summed E-state index contributed by atoms with van der Waals surface area (Å²) in [5.74, 6) is -0.576.